The number of anilines is 1. The highest BCUT2D eigenvalue weighted by Gasteiger charge is 2.23. The highest BCUT2D eigenvalue weighted by Crippen LogP contribution is 2.34. The van der Waals surface area contributed by atoms with Gasteiger partial charge in [0.2, 0.25) is 0 Å². The standard InChI is InChI=1S/C24H22N2O4S/c1-5-30-24(28)21-14(2)15(3)31-23(21)26-22(27)17(13-25)12-19-18-9-7-6-8-16(18)10-11-20(19)29-4/h6-12H,5H2,1-4H3,(H,26,27). The van der Waals surface area contributed by atoms with Gasteiger partial charge >= 0.3 is 5.97 Å². The maximum Gasteiger partial charge on any atom is 0.341 e. The summed E-state index contributed by atoms with van der Waals surface area (Å²) in [6.45, 7) is 5.61. The third-order valence-electron chi connectivity index (χ3n) is 4.90. The number of carbonyl (C=O) groups excluding carboxylic acids is 2. The number of carbonyl (C=O) groups is 2. The van der Waals surface area contributed by atoms with Crippen LogP contribution in [-0.4, -0.2) is 25.6 Å². The topological polar surface area (TPSA) is 88.4 Å². The molecule has 1 aromatic heterocycles. The smallest absolute Gasteiger partial charge is 0.341 e. The maximum atomic E-state index is 12.9. The Bertz CT molecular complexity index is 1230. The molecule has 0 unspecified atom stereocenters. The van der Waals surface area contributed by atoms with Crippen molar-refractivity contribution in [2.75, 3.05) is 19.0 Å². The van der Waals surface area contributed by atoms with E-state index >= 15 is 0 Å². The lowest BCUT2D eigenvalue weighted by Gasteiger charge is -2.10. The number of esters is 1. The molecule has 1 heterocycles. The molecule has 0 aliphatic heterocycles. The Labute approximate surface area is 184 Å². The second-order valence-corrected chi connectivity index (χ2v) is 7.96. The number of thiophene rings is 1. The maximum absolute atomic E-state index is 12.9. The molecule has 3 aromatic rings. The van der Waals surface area contributed by atoms with E-state index in [4.69, 9.17) is 9.47 Å². The molecule has 0 saturated carbocycles. The van der Waals surface area contributed by atoms with Crippen LogP contribution in [0.1, 0.15) is 33.3 Å². The van der Waals surface area contributed by atoms with E-state index in [2.05, 4.69) is 5.32 Å². The molecule has 0 bridgehead atoms. The van der Waals surface area contributed by atoms with Crippen molar-refractivity contribution in [3.8, 4) is 11.8 Å². The predicted octanol–water partition coefficient (Wildman–Crippen LogP) is 5.25. The largest absolute Gasteiger partial charge is 0.496 e. The van der Waals surface area contributed by atoms with E-state index in [-0.39, 0.29) is 12.2 Å². The molecule has 6 nitrogen and oxygen atoms in total. The fourth-order valence-corrected chi connectivity index (χ4v) is 4.27. The van der Waals surface area contributed by atoms with Crippen LogP contribution in [0.2, 0.25) is 0 Å². The van der Waals surface area contributed by atoms with Gasteiger partial charge in [-0.3, -0.25) is 4.79 Å². The number of benzene rings is 2. The number of ether oxygens (including phenoxy) is 2. The van der Waals surface area contributed by atoms with E-state index in [1.54, 1.807) is 19.9 Å². The molecule has 0 aliphatic rings. The first kappa shape index (κ1) is 22.1. The van der Waals surface area contributed by atoms with Crippen molar-refractivity contribution in [2.45, 2.75) is 20.8 Å². The number of nitrogens with zero attached hydrogens (tertiary/aromatic N) is 1. The minimum atomic E-state index is -0.607. The monoisotopic (exact) mass is 434 g/mol. The van der Waals surface area contributed by atoms with Gasteiger partial charge in [0, 0.05) is 10.4 Å². The second kappa shape index (κ2) is 9.45. The minimum absolute atomic E-state index is 0.104. The fourth-order valence-electron chi connectivity index (χ4n) is 3.23. The molecule has 0 radical (unpaired) electrons. The number of nitriles is 1. The zero-order valence-electron chi connectivity index (χ0n) is 17.7. The number of nitrogens with one attached hydrogen (secondary N) is 1. The summed E-state index contributed by atoms with van der Waals surface area (Å²) < 4.78 is 10.6. The molecule has 0 fully saturated rings. The molecule has 7 heteroatoms. The van der Waals surface area contributed by atoms with Gasteiger partial charge in [0.05, 0.1) is 19.3 Å². The van der Waals surface area contributed by atoms with Crippen LogP contribution in [0.3, 0.4) is 0 Å². The molecule has 2 aromatic carbocycles. The van der Waals surface area contributed by atoms with E-state index in [0.717, 1.165) is 21.2 Å². The first-order valence-electron chi connectivity index (χ1n) is 9.67. The van der Waals surface area contributed by atoms with Crippen molar-refractivity contribution in [1.29, 1.82) is 5.26 Å². The summed E-state index contributed by atoms with van der Waals surface area (Å²) in [5.74, 6) is -0.559. The van der Waals surface area contributed by atoms with Crippen LogP contribution in [0.4, 0.5) is 5.00 Å². The molecule has 3 rings (SSSR count). The first-order chi connectivity index (χ1) is 14.9. The third-order valence-corrected chi connectivity index (χ3v) is 6.02. The van der Waals surface area contributed by atoms with Crippen molar-refractivity contribution in [3.63, 3.8) is 0 Å². The Hall–Kier alpha value is -3.63. The van der Waals surface area contributed by atoms with Gasteiger partial charge in [0.1, 0.15) is 22.4 Å². The Morgan fingerprint density at radius 2 is 1.94 bits per heavy atom. The van der Waals surface area contributed by atoms with Crippen LogP contribution in [0.5, 0.6) is 5.75 Å². The predicted molar refractivity (Wildman–Crippen MR) is 122 cm³/mol. The van der Waals surface area contributed by atoms with E-state index in [1.807, 2.05) is 43.3 Å². The Morgan fingerprint density at radius 1 is 1.19 bits per heavy atom. The highest BCUT2D eigenvalue weighted by molar-refractivity contribution is 7.16. The van der Waals surface area contributed by atoms with Gasteiger partial charge in [-0.1, -0.05) is 30.3 Å². The summed E-state index contributed by atoms with van der Waals surface area (Å²) in [5, 5.41) is 14.6. The van der Waals surface area contributed by atoms with Gasteiger partial charge < -0.3 is 14.8 Å². The van der Waals surface area contributed by atoms with Crippen molar-refractivity contribution in [3.05, 3.63) is 63.5 Å². The van der Waals surface area contributed by atoms with Gasteiger partial charge in [-0.05, 0) is 49.2 Å². The molecule has 158 valence electrons. The van der Waals surface area contributed by atoms with Crippen molar-refractivity contribution in [2.24, 2.45) is 0 Å². The van der Waals surface area contributed by atoms with Gasteiger partial charge in [-0.15, -0.1) is 11.3 Å². The Morgan fingerprint density at radius 3 is 2.61 bits per heavy atom. The normalized spacial score (nSPS) is 11.1. The Balaban J connectivity index is 2.03. The van der Waals surface area contributed by atoms with Crippen LogP contribution >= 0.6 is 11.3 Å². The molecule has 0 saturated heterocycles. The van der Waals surface area contributed by atoms with Gasteiger partial charge in [-0.25, -0.2) is 4.79 Å². The van der Waals surface area contributed by atoms with Crippen LogP contribution in [0.15, 0.2) is 42.0 Å². The van der Waals surface area contributed by atoms with Crippen LogP contribution in [-0.2, 0) is 9.53 Å². The van der Waals surface area contributed by atoms with Crippen molar-refractivity contribution >= 4 is 45.1 Å². The molecular weight excluding hydrogens is 412 g/mol. The third kappa shape index (κ3) is 4.44. The fraction of sp³-hybridized carbons (Fsp3) is 0.208. The summed E-state index contributed by atoms with van der Waals surface area (Å²) in [4.78, 5) is 26.2. The van der Waals surface area contributed by atoms with Gasteiger partial charge in [0.15, 0.2) is 0 Å². The van der Waals surface area contributed by atoms with Crippen LogP contribution in [0, 0.1) is 25.2 Å². The number of hydrogen-bond donors (Lipinski definition) is 1. The lowest BCUT2D eigenvalue weighted by Crippen LogP contribution is -2.16. The number of amides is 1. The number of hydrogen-bond acceptors (Lipinski definition) is 6. The number of rotatable bonds is 6. The van der Waals surface area contributed by atoms with Gasteiger partial charge in [0.25, 0.3) is 5.91 Å². The molecular formula is C24H22N2O4S. The van der Waals surface area contributed by atoms with Crippen LogP contribution in [0.25, 0.3) is 16.8 Å². The summed E-state index contributed by atoms with van der Waals surface area (Å²) >= 11 is 1.27. The zero-order valence-corrected chi connectivity index (χ0v) is 18.6. The molecule has 31 heavy (non-hydrogen) atoms. The first-order valence-corrected chi connectivity index (χ1v) is 10.5. The lowest BCUT2D eigenvalue weighted by atomic mass is 10.0. The molecule has 0 spiro atoms. The molecule has 0 aliphatic carbocycles. The zero-order chi connectivity index (χ0) is 22.5. The van der Waals surface area contributed by atoms with Gasteiger partial charge in [-0.2, -0.15) is 5.26 Å². The lowest BCUT2D eigenvalue weighted by molar-refractivity contribution is -0.112. The van der Waals surface area contributed by atoms with E-state index in [0.29, 0.717) is 21.9 Å². The van der Waals surface area contributed by atoms with Crippen molar-refractivity contribution < 1.29 is 19.1 Å². The van der Waals surface area contributed by atoms with E-state index < -0.39 is 11.9 Å². The number of fused-ring (bicyclic) bond motifs is 1. The van der Waals surface area contributed by atoms with E-state index in [9.17, 15) is 14.9 Å². The number of methoxy groups -OCH3 is 1. The molecule has 1 N–H and O–H groups in total. The van der Waals surface area contributed by atoms with Crippen molar-refractivity contribution in [1.82, 2.24) is 0 Å². The SMILES string of the molecule is CCOC(=O)c1c(NC(=O)C(C#N)=Cc2c(OC)ccc3ccccc23)sc(C)c1C. The summed E-state index contributed by atoms with van der Waals surface area (Å²) in [6.07, 6.45) is 1.51. The summed E-state index contributed by atoms with van der Waals surface area (Å²) in [6, 6.07) is 13.3. The second-order valence-electron chi connectivity index (χ2n) is 6.73. The Kier molecular flexibility index (Phi) is 6.73. The minimum Gasteiger partial charge on any atom is -0.496 e. The highest BCUT2D eigenvalue weighted by atomic mass is 32.1. The molecule has 0 atom stereocenters. The summed E-state index contributed by atoms with van der Waals surface area (Å²) in [7, 11) is 1.54. The average molecular weight is 435 g/mol. The quantitative estimate of drug-likeness (QED) is 0.325. The summed E-state index contributed by atoms with van der Waals surface area (Å²) in [5.41, 5.74) is 1.60. The van der Waals surface area contributed by atoms with Crippen LogP contribution < -0.4 is 10.1 Å². The number of aryl methyl sites for hydroxylation is 1. The van der Waals surface area contributed by atoms with E-state index in [1.165, 1.54) is 24.5 Å². The average Bonchev–Trinajstić information content (AvgIpc) is 3.04. The molecule has 1 amide bonds.